The van der Waals surface area contributed by atoms with Gasteiger partial charge in [-0.3, -0.25) is 4.79 Å². The number of amides is 1. The van der Waals surface area contributed by atoms with Crippen LogP contribution in [0.5, 0.6) is 0 Å². The quantitative estimate of drug-likeness (QED) is 0.818. The summed E-state index contributed by atoms with van der Waals surface area (Å²) in [5.41, 5.74) is 1.01. The maximum atomic E-state index is 12.1. The topological polar surface area (TPSA) is 42.0 Å². The Hall–Kier alpha value is -1.38. The van der Waals surface area contributed by atoms with Crippen LogP contribution in [0.15, 0.2) is 18.3 Å². The van der Waals surface area contributed by atoms with Gasteiger partial charge in [0.05, 0.1) is 0 Å². The number of unbranched alkanes of at least 4 members (excludes halogenated alkanes) is 1. The number of nitrogens with zero attached hydrogens (tertiary/aromatic N) is 1. The van der Waals surface area contributed by atoms with Crippen LogP contribution in [0.1, 0.15) is 45.1 Å². The lowest BCUT2D eigenvalue weighted by atomic mass is 9.98. The highest BCUT2D eigenvalue weighted by Crippen LogP contribution is 2.16. The molecule has 1 rings (SSSR count). The SMILES string of the molecule is CCCCC(CC)C(=O)Nc1ncccc1C. The molecule has 0 fully saturated rings. The van der Waals surface area contributed by atoms with Gasteiger partial charge < -0.3 is 5.32 Å². The number of carbonyl (C=O) groups excluding carboxylic acids is 1. The minimum atomic E-state index is 0.0998. The molecule has 0 saturated heterocycles. The van der Waals surface area contributed by atoms with Crippen LogP contribution in [0.25, 0.3) is 0 Å². The Morgan fingerprint density at radius 1 is 1.47 bits per heavy atom. The molecule has 1 N–H and O–H groups in total. The molecule has 3 nitrogen and oxygen atoms in total. The molecule has 0 spiro atoms. The molecule has 0 aliphatic rings. The minimum Gasteiger partial charge on any atom is -0.310 e. The number of pyridine rings is 1. The van der Waals surface area contributed by atoms with E-state index in [1.165, 1.54) is 0 Å². The lowest BCUT2D eigenvalue weighted by Gasteiger charge is -2.14. The molecule has 1 atom stereocenters. The Bertz CT molecular complexity index is 363. The van der Waals surface area contributed by atoms with Crippen molar-refractivity contribution in [2.75, 3.05) is 5.32 Å². The monoisotopic (exact) mass is 234 g/mol. The van der Waals surface area contributed by atoms with E-state index in [4.69, 9.17) is 0 Å². The fraction of sp³-hybridized carbons (Fsp3) is 0.571. The van der Waals surface area contributed by atoms with Crippen LogP contribution in [0.4, 0.5) is 5.82 Å². The van der Waals surface area contributed by atoms with Crippen LogP contribution < -0.4 is 5.32 Å². The number of hydrogen-bond acceptors (Lipinski definition) is 2. The van der Waals surface area contributed by atoms with E-state index in [-0.39, 0.29) is 11.8 Å². The van der Waals surface area contributed by atoms with Crippen molar-refractivity contribution in [3.63, 3.8) is 0 Å². The van der Waals surface area contributed by atoms with Crippen LogP contribution in [0, 0.1) is 12.8 Å². The first-order chi connectivity index (χ1) is 8.19. The van der Waals surface area contributed by atoms with Crippen molar-refractivity contribution < 1.29 is 4.79 Å². The lowest BCUT2D eigenvalue weighted by molar-refractivity contribution is -0.120. The molecule has 1 aromatic rings. The van der Waals surface area contributed by atoms with Gasteiger partial charge in [0.15, 0.2) is 0 Å². The maximum absolute atomic E-state index is 12.1. The number of rotatable bonds is 6. The highest BCUT2D eigenvalue weighted by molar-refractivity contribution is 5.92. The zero-order chi connectivity index (χ0) is 12.7. The smallest absolute Gasteiger partial charge is 0.228 e. The van der Waals surface area contributed by atoms with E-state index in [1.807, 2.05) is 19.1 Å². The van der Waals surface area contributed by atoms with Gasteiger partial charge in [-0.05, 0) is 31.4 Å². The predicted octanol–water partition coefficient (Wildman–Crippen LogP) is 3.54. The summed E-state index contributed by atoms with van der Waals surface area (Å²) in [5, 5.41) is 2.92. The van der Waals surface area contributed by atoms with E-state index in [1.54, 1.807) is 6.20 Å². The number of anilines is 1. The van der Waals surface area contributed by atoms with E-state index in [9.17, 15) is 4.79 Å². The van der Waals surface area contributed by atoms with Gasteiger partial charge in [-0.25, -0.2) is 4.98 Å². The molecule has 1 heterocycles. The van der Waals surface area contributed by atoms with Crippen LogP contribution in [-0.4, -0.2) is 10.9 Å². The van der Waals surface area contributed by atoms with Crippen molar-refractivity contribution in [3.8, 4) is 0 Å². The van der Waals surface area contributed by atoms with E-state index in [2.05, 4.69) is 24.1 Å². The van der Waals surface area contributed by atoms with Gasteiger partial charge in [0, 0.05) is 12.1 Å². The average Bonchev–Trinajstić information content (AvgIpc) is 2.33. The summed E-state index contributed by atoms with van der Waals surface area (Å²) < 4.78 is 0. The molecule has 3 heteroatoms. The number of aryl methyl sites for hydroxylation is 1. The van der Waals surface area contributed by atoms with Gasteiger partial charge >= 0.3 is 0 Å². The Labute approximate surface area is 104 Å². The van der Waals surface area contributed by atoms with E-state index in [0.29, 0.717) is 5.82 Å². The Morgan fingerprint density at radius 2 is 2.24 bits per heavy atom. The van der Waals surface area contributed by atoms with Gasteiger partial charge in [0.1, 0.15) is 5.82 Å². The molecular formula is C14H22N2O. The van der Waals surface area contributed by atoms with Gasteiger partial charge in [0.2, 0.25) is 5.91 Å². The molecule has 1 unspecified atom stereocenters. The second kappa shape index (κ2) is 7.05. The van der Waals surface area contributed by atoms with E-state index >= 15 is 0 Å². The van der Waals surface area contributed by atoms with Crippen molar-refractivity contribution in [1.82, 2.24) is 4.98 Å². The van der Waals surface area contributed by atoms with Crippen LogP contribution in [-0.2, 0) is 4.79 Å². The van der Waals surface area contributed by atoms with Crippen molar-refractivity contribution in [1.29, 1.82) is 0 Å². The minimum absolute atomic E-state index is 0.0998. The first kappa shape index (κ1) is 13.7. The third kappa shape index (κ3) is 4.17. The summed E-state index contributed by atoms with van der Waals surface area (Å²) in [6, 6.07) is 3.83. The van der Waals surface area contributed by atoms with Gasteiger partial charge in [0.25, 0.3) is 0 Å². The van der Waals surface area contributed by atoms with Crippen molar-refractivity contribution in [2.45, 2.75) is 46.5 Å². The standard InChI is InChI=1S/C14H22N2O/c1-4-6-9-12(5-2)14(17)16-13-11(3)8-7-10-15-13/h7-8,10,12H,4-6,9H2,1-3H3,(H,15,16,17). The molecule has 0 aliphatic heterocycles. The largest absolute Gasteiger partial charge is 0.310 e. The molecule has 0 aliphatic carbocycles. The molecule has 0 bridgehead atoms. The highest BCUT2D eigenvalue weighted by atomic mass is 16.1. The van der Waals surface area contributed by atoms with E-state index in [0.717, 1.165) is 31.2 Å². The molecule has 1 amide bonds. The number of nitrogens with one attached hydrogen (secondary N) is 1. The summed E-state index contributed by atoms with van der Waals surface area (Å²) in [6.07, 6.45) is 5.79. The van der Waals surface area contributed by atoms with Crippen molar-refractivity contribution in [2.24, 2.45) is 5.92 Å². The van der Waals surface area contributed by atoms with Crippen LogP contribution >= 0.6 is 0 Å². The Morgan fingerprint density at radius 3 is 2.82 bits per heavy atom. The van der Waals surface area contributed by atoms with Gasteiger partial charge in [-0.2, -0.15) is 0 Å². The third-order valence-corrected chi connectivity index (χ3v) is 3.02. The molecule has 0 saturated carbocycles. The molecule has 94 valence electrons. The maximum Gasteiger partial charge on any atom is 0.228 e. The molecule has 0 radical (unpaired) electrons. The molecule has 0 aromatic carbocycles. The fourth-order valence-electron chi connectivity index (χ4n) is 1.81. The summed E-state index contributed by atoms with van der Waals surface area (Å²) >= 11 is 0. The Balaban J connectivity index is 2.61. The fourth-order valence-corrected chi connectivity index (χ4v) is 1.81. The molecule has 1 aromatic heterocycles. The third-order valence-electron chi connectivity index (χ3n) is 3.02. The molecular weight excluding hydrogens is 212 g/mol. The first-order valence-electron chi connectivity index (χ1n) is 6.41. The summed E-state index contributed by atoms with van der Waals surface area (Å²) in [6.45, 7) is 6.16. The van der Waals surface area contributed by atoms with Crippen molar-refractivity contribution in [3.05, 3.63) is 23.9 Å². The molecule has 17 heavy (non-hydrogen) atoms. The summed E-state index contributed by atoms with van der Waals surface area (Å²) in [4.78, 5) is 16.2. The number of aromatic nitrogens is 1. The van der Waals surface area contributed by atoms with Crippen molar-refractivity contribution >= 4 is 11.7 Å². The van der Waals surface area contributed by atoms with Crippen LogP contribution in [0.2, 0.25) is 0 Å². The normalized spacial score (nSPS) is 12.2. The zero-order valence-corrected chi connectivity index (χ0v) is 11.0. The predicted molar refractivity (Wildman–Crippen MR) is 70.9 cm³/mol. The summed E-state index contributed by atoms with van der Waals surface area (Å²) in [7, 11) is 0. The lowest BCUT2D eigenvalue weighted by Crippen LogP contribution is -2.23. The number of hydrogen-bond donors (Lipinski definition) is 1. The summed E-state index contributed by atoms with van der Waals surface area (Å²) in [5.74, 6) is 0.895. The van der Waals surface area contributed by atoms with Gasteiger partial charge in [-0.1, -0.05) is 32.8 Å². The first-order valence-corrected chi connectivity index (χ1v) is 6.41. The van der Waals surface area contributed by atoms with E-state index < -0.39 is 0 Å². The zero-order valence-electron chi connectivity index (χ0n) is 11.0. The second-order valence-electron chi connectivity index (χ2n) is 4.41. The second-order valence-corrected chi connectivity index (χ2v) is 4.41. The average molecular weight is 234 g/mol. The highest BCUT2D eigenvalue weighted by Gasteiger charge is 2.16. The Kier molecular flexibility index (Phi) is 5.67. The number of carbonyl (C=O) groups is 1. The van der Waals surface area contributed by atoms with Crippen LogP contribution in [0.3, 0.4) is 0 Å². The van der Waals surface area contributed by atoms with Gasteiger partial charge in [-0.15, -0.1) is 0 Å².